The summed E-state index contributed by atoms with van der Waals surface area (Å²) in [6.07, 6.45) is 5.02. The number of benzene rings is 1. The van der Waals surface area contributed by atoms with Crippen LogP contribution in [0.1, 0.15) is 19.3 Å². The van der Waals surface area contributed by atoms with Crippen molar-refractivity contribution in [1.82, 2.24) is 10.2 Å². The number of aliphatic imine (C=N–C) groups is 1. The lowest BCUT2D eigenvalue weighted by molar-refractivity contribution is 0.310. The van der Waals surface area contributed by atoms with E-state index in [1.165, 1.54) is 0 Å². The molecule has 1 N–H and O–H groups in total. The summed E-state index contributed by atoms with van der Waals surface area (Å²) in [6.45, 7) is 6.27. The summed E-state index contributed by atoms with van der Waals surface area (Å²) in [4.78, 5) is 6.43. The van der Waals surface area contributed by atoms with Crippen molar-refractivity contribution in [2.75, 3.05) is 33.8 Å². The highest BCUT2D eigenvalue weighted by Crippen LogP contribution is 2.08. The van der Waals surface area contributed by atoms with Crippen molar-refractivity contribution in [1.29, 1.82) is 0 Å². The van der Waals surface area contributed by atoms with Crippen LogP contribution >= 0.6 is 0 Å². The molecule has 0 aliphatic carbocycles. The Kier molecular flexibility index (Phi) is 8.76. The Bertz CT molecular complexity index is 417. The van der Waals surface area contributed by atoms with E-state index in [0.717, 1.165) is 44.1 Å². The van der Waals surface area contributed by atoms with Crippen LogP contribution in [0.4, 0.5) is 0 Å². The highest BCUT2D eigenvalue weighted by molar-refractivity contribution is 5.79. The van der Waals surface area contributed by atoms with Crippen molar-refractivity contribution in [3.8, 4) is 5.75 Å². The van der Waals surface area contributed by atoms with Crippen LogP contribution < -0.4 is 10.1 Å². The van der Waals surface area contributed by atoms with E-state index >= 15 is 0 Å². The minimum atomic E-state index is 0.703. The number of unbranched alkanes of at least 4 members (excludes halogenated alkanes) is 1. The third kappa shape index (κ3) is 7.40. The minimum Gasteiger partial charge on any atom is -0.494 e. The van der Waals surface area contributed by atoms with Crippen molar-refractivity contribution in [2.24, 2.45) is 4.99 Å². The summed E-state index contributed by atoms with van der Waals surface area (Å²) in [5, 5.41) is 3.35. The van der Waals surface area contributed by atoms with Crippen LogP contribution in [0, 0.1) is 0 Å². The molecule has 0 heterocycles. The second-order valence-corrected chi connectivity index (χ2v) is 4.84. The van der Waals surface area contributed by atoms with Crippen molar-refractivity contribution < 1.29 is 4.74 Å². The van der Waals surface area contributed by atoms with Crippen LogP contribution in [-0.4, -0.2) is 44.7 Å². The van der Waals surface area contributed by atoms with Gasteiger partial charge in [-0.1, -0.05) is 24.3 Å². The third-order valence-electron chi connectivity index (χ3n) is 3.09. The SMILES string of the molecule is C=CCCCN(C)C(=NC)NCCCOc1ccccc1. The van der Waals surface area contributed by atoms with Crippen LogP contribution in [0.25, 0.3) is 0 Å². The fraction of sp³-hybridized carbons (Fsp3) is 0.471. The van der Waals surface area contributed by atoms with Crippen LogP contribution in [0.5, 0.6) is 5.75 Å². The molecule has 1 aromatic carbocycles. The number of guanidine groups is 1. The molecule has 0 bridgehead atoms. The molecule has 1 rings (SSSR count). The molecule has 0 unspecified atom stereocenters. The topological polar surface area (TPSA) is 36.9 Å². The number of nitrogens with zero attached hydrogens (tertiary/aromatic N) is 2. The van der Waals surface area contributed by atoms with Gasteiger partial charge in [0.15, 0.2) is 5.96 Å². The molecule has 0 spiro atoms. The van der Waals surface area contributed by atoms with Gasteiger partial charge in [-0.15, -0.1) is 6.58 Å². The molecule has 0 amide bonds. The molecular weight excluding hydrogens is 262 g/mol. The monoisotopic (exact) mass is 289 g/mol. The molecule has 0 aromatic heterocycles. The van der Waals surface area contributed by atoms with Gasteiger partial charge in [0, 0.05) is 27.2 Å². The van der Waals surface area contributed by atoms with Gasteiger partial charge in [-0.05, 0) is 31.4 Å². The molecule has 0 fully saturated rings. The molecular formula is C17H27N3O. The highest BCUT2D eigenvalue weighted by atomic mass is 16.5. The molecule has 0 saturated carbocycles. The zero-order valence-electron chi connectivity index (χ0n) is 13.2. The van der Waals surface area contributed by atoms with E-state index in [4.69, 9.17) is 4.74 Å². The maximum absolute atomic E-state index is 5.66. The lowest BCUT2D eigenvalue weighted by Crippen LogP contribution is -2.40. The predicted octanol–water partition coefficient (Wildman–Crippen LogP) is 2.93. The summed E-state index contributed by atoms with van der Waals surface area (Å²) < 4.78 is 5.66. The average molecular weight is 289 g/mol. The first-order valence-corrected chi connectivity index (χ1v) is 7.48. The summed E-state index contributed by atoms with van der Waals surface area (Å²) in [5.74, 6) is 1.85. The van der Waals surface area contributed by atoms with E-state index in [1.807, 2.05) is 43.5 Å². The fourth-order valence-electron chi connectivity index (χ4n) is 1.94. The van der Waals surface area contributed by atoms with Crippen LogP contribution in [-0.2, 0) is 0 Å². The average Bonchev–Trinajstić information content (AvgIpc) is 2.52. The van der Waals surface area contributed by atoms with Gasteiger partial charge >= 0.3 is 0 Å². The minimum absolute atomic E-state index is 0.703. The molecule has 0 aliphatic rings. The molecule has 0 atom stereocenters. The van der Waals surface area contributed by atoms with E-state index in [1.54, 1.807) is 0 Å². The number of allylic oxidation sites excluding steroid dienone is 1. The standard InChI is InChI=1S/C17H27N3O/c1-4-5-9-14-20(3)17(18-2)19-13-10-15-21-16-11-7-6-8-12-16/h4,6-8,11-12H,1,5,9-10,13-15H2,2-3H3,(H,18,19). The molecule has 0 radical (unpaired) electrons. The van der Waals surface area contributed by atoms with Gasteiger partial charge in [-0.3, -0.25) is 4.99 Å². The van der Waals surface area contributed by atoms with E-state index in [-0.39, 0.29) is 0 Å². The van der Waals surface area contributed by atoms with Gasteiger partial charge in [-0.2, -0.15) is 0 Å². The van der Waals surface area contributed by atoms with E-state index in [0.29, 0.717) is 6.61 Å². The first-order chi connectivity index (χ1) is 10.3. The fourth-order valence-corrected chi connectivity index (χ4v) is 1.94. The Hall–Kier alpha value is -1.97. The Morgan fingerprint density at radius 1 is 1.33 bits per heavy atom. The molecule has 4 heteroatoms. The number of para-hydroxylation sites is 1. The van der Waals surface area contributed by atoms with E-state index < -0.39 is 0 Å². The Morgan fingerprint density at radius 3 is 2.76 bits per heavy atom. The molecule has 21 heavy (non-hydrogen) atoms. The van der Waals surface area contributed by atoms with Crippen molar-refractivity contribution in [2.45, 2.75) is 19.3 Å². The Labute approximate surface area is 128 Å². The maximum atomic E-state index is 5.66. The van der Waals surface area contributed by atoms with E-state index in [2.05, 4.69) is 28.8 Å². The molecule has 1 aromatic rings. The van der Waals surface area contributed by atoms with Gasteiger partial charge in [-0.25, -0.2) is 0 Å². The normalized spacial score (nSPS) is 11.0. The number of hydrogen-bond donors (Lipinski definition) is 1. The van der Waals surface area contributed by atoms with Crippen LogP contribution in [0.2, 0.25) is 0 Å². The van der Waals surface area contributed by atoms with Gasteiger partial charge in [0.1, 0.15) is 5.75 Å². The van der Waals surface area contributed by atoms with Gasteiger partial charge in [0.25, 0.3) is 0 Å². The lowest BCUT2D eigenvalue weighted by atomic mass is 10.3. The summed E-state index contributed by atoms with van der Waals surface area (Å²) in [5.41, 5.74) is 0. The van der Waals surface area contributed by atoms with Crippen molar-refractivity contribution in [3.05, 3.63) is 43.0 Å². The molecule has 0 saturated heterocycles. The van der Waals surface area contributed by atoms with Crippen molar-refractivity contribution >= 4 is 5.96 Å². The largest absolute Gasteiger partial charge is 0.494 e. The first-order valence-electron chi connectivity index (χ1n) is 7.48. The second-order valence-electron chi connectivity index (χ2n) is 4.84. The highest BCUT2D eigenvalue weighted by Gasteiger charge is 2.04. The molecule has 0 aliphatic heterocycles. The Balaban J connectivity index is 2.16. The third-order valence-corrected chi connectivity index (χ3v) is 3.09. The second kappa shape index (κ2) is 10.8. The van der Waals surface area contributed by atoms with Gasteiger partial charge in [0.2, 0.25) is 0 Å². The Morgan fingerprint density at radius 2 is 2.10 bits per heavy atom. The zero-order chi connectivity index (χ0) is 15.3. The van der Waals surface area contributed by atoms with Crippen molar-refractivity contribution in [3.63, 3.8) is 0 Å². The quantitative estimate of drug-likeness (QED) is 0.329. The van der Waals surface area contributed by atoms with Gasteiger partial charge in [0.05, 0.1) is 6.61 Å². The van der Waals surface area contributed by atoms with Gasteiger partial charge < -0.3 is 15.0 Å². The zero-order valence-corrected chi connectivity index (χ0v) is 13.2. The van der Waals surface area contributed by atoms with Crippen LogP contribution in [0.15, 0.2) is 48.0 Å². The summed E-state index contributed by atoms with van der Waals surface area (Å²) in [6, 6.07) is 9.89. The molecule has 116 valence electrons. The predicted molar refractivity (Wildman–Crippen MR) is 90.0 cm³/mol. The maximum Gasteiger partial charge on any atom is 0.193 e. The first kappa shape index (κ1) is 17.1. The lowest BCUT2D eigenvalue weighted by Gasteiger charge is -2.21. The summed E-state index contributed by atoms with van der Waals surface area (Å²) in [7, 11) is 3.87. The smallest absolute Gasteiger partial charge is 0.193 e. The van der Waals surface area contributed by atoms with E-state index in [9.17, 15) is 0 Å². The number of hydrogen-bond acceptors (Lipinski definition) is 2. The molecule has 4 nitrogen and oxygen atoms in total. The van der Waals surface area contributed by atoms with Crippen LogP contribution in [0.3, 0.4) is 0 Å². The number of rotatable bonds is 9. The number of nitrogens with one attached hydrogen (secondary N) is 1. The number of ether oxygens (including phenoxy) is 1. The summed E-state index contributed by atoms with van der Waals surface area (Å²) >= 11 is 0.